The fourth-order valence-electron chi connectivity index (χ4n) is 1.79. The summed E-state index contributed by atoms with van der Waals surface area (Å²) in [5.41, 5.74) is 0. The molecule has 0 saturated heterocycles. The summed E-state index contributed by atoms with van der Waals surface area (Å²) in [4.78, 5) is 13.9. The molecule has 16 heavy (non-hydrogen) atoms. The third-order valence-corrected chi connectivity index (χ3v) is 3.29. The first-order valence-corrected chi connectivity index (χ1v) is 6.31. The molecule has 1 saturated carbocycles. The van der Waals surface area contributed by atoms with Gasteiger partial charge in [0.05, 0.1) is 0 Å². The Morgan fingerprint density at radius 3 is 2.31 bits per heavy atom. The van der Waals surface area contributed by atoms with E-state index < -0.39 is 0 Å². The van der Waals surface area contributed by atoms with Crippen LogP contribution in [0.25, 0.3) is 0 Å². The second kappa shape index (κ2) is 5.67. The molecule has 0 aromatic carbocycles. The maximum absolute atomic E-state index is 12.0. The van der Waals surface area contributed by atoms with Gasteiger partial charge >= 0.3 is 0 Å². The minimum atomic E-state index is -0.311. The maximum atomic E-state index is 12.0. The summed E-state index contributed by atoms with van der Waals surface area (Å²) < 4.78 is 5.55. The van der Waals surface area contributed by atoms with E-state index >= 15 is 0 Å². The van der Waals surface area contributed by atoms with Gasteiger partial charge in [-0.05, 0) is 38.5 Å². The molecule has 1 aliphatic carbocycles. The average molecular weight is 227 g/mol. The number of hydrogen-bond acceptors (Lipinski definition) is 2. The monoisotopic (exact) mass is 227 g/mol. The Balaban J connectivity index is 2.36. The highest BCUT2D eigenvalue weighted by atomic mass is 16.5. The Hall–Kier alpha value is -0.570. The summed E-state index contributed by atoms with van der Waals surface area (Å²) >= 11 is 0. The van der Waals surface area contributed by atoms with Crippen LogP contribution in [-0.2, 0) is 9.53 Å². The van der Waals surface area contributed by atoms with E-state index in [2.05, 4.69) is 20.8 Å². The SMILES string of the molecule is CC(C)COC(C)C(=O)N(C)C(C)C1CC1. The van der Waals surface area contributed by atoms with Gasteiger partial charge in [0.15, 0.2) is 0 Å². The second-order valence-corrected chi connectivity index (χ2v) is 5.40. The molecule has 3 heteroatoms. The average Bonchev–Trinajstić information content (AvgIpc) is 3.06. The molecule has 0 bridgehead atoms. The third kappa shape index (κ3) is 3.78. The molecule has 2 atom stereocenters. The number of carbonyl (C=O) groups excluding carboxylic acids is 1. The molecule has 1 aliphatic rings. The predicted molar refractivity (Wildman–Crippen MR) is 65.2 cm³/mol. The van der Waals surface area contributed by atoms with Crippen LogP contribution in [0.4, 0.5) is 0 Å². The van der Waals surface area contributed by atoms with Crippen molar-refractivity contribution in [1.82, 2.24) is 4.90 Å². The quantitative estimate of drug-likeness (QED) is 0.697. The molecule has 0 spiro atoms. The number of amides is 1. The highest BCUT2D eigenvalue weighted by molar-refractivity contribution is 5.80. The van der Waals surface area contributed by atoms with Crippen molar-refractivity contribution in [3.8, 4) is 0 Å². The van der Waals surface area contributed by atoms with Crippen molar-refractivity contribution < 1.29 is 9.53 Å². The minimum absolute atomic E-state index is 0.111. The van der Waals surface area contributed by atoms with E-state index in [9.17, 15) is 4.79 Å². The van der Waals surface area contributed by atoms with Gasteiger partial charge in [-0.1, -0.05) is 13.8 Å². The van der Waals surface area contributed by atoms with Crippen molar-refractivity contribution >= 4 is 5.91 Å². The Labute approximate surface area is 99.1 Å². The summed E-state index contributed by atoms with van der Waals surface area (Å²) in [6, 6.07) is 0.359. The Morgan fingerprint density at radius 1 is 1.31 bits per heavy atom. The highest BCUT2D eigenvalue weighted by Gasteiger charge is 2.33. The van der Waals surface area contributed by atoms with Crippen molar-refractivity contribution in [2.45, 2.75) is 52.7 Å². The summed E-state index contributed by atoms with van der Waals surface area (Å²) in [7, 11) is 1.89. The molecule has 0 N–H and O–H groups in total. The van der Waals surface area contributed by atoms with Crippen molar-refractivity contribution in [3.05, 3.63) is 0 Å². The van der Waals surface area contributed by atoms with Gasteiger partial charge in [0.1, 0.15) is 6.10 Å². The zero-order chi connectivity index (χ0) is 12.3. The van der Waals surface area contributed by atoms with E-state index in [4.69, 9.17) is 4.74 Å². The van der Waals surface area contributed by atoms with E-state index in [1.165, 1.54) is 12.8 Å². The zero-order valence-corrected chi connectivity index (χ0v) is 11.2. The summed E-state index contributed by atoms with van der Waals surface area (Å²) in [6.45, 7) is 8.81. The van der Waals surface area contributed by atoms with Crippen LogP contribution >= 0.6 is 0 Å². The van der Waals surface area contributed by atoms with Gasteiger partial charge in [-0.15, -0.1) is 0 Å². The van der Waals surface area contributed by atoms with Gasteiger partial charge in [0.25, 0.3) is 5.91 Å². The molecular weight excluding hydrogens is 202 g/mol. The van der Waals surface area contributed by atoms with Crippen molar-refractivity contribution in [1.29, 1.82) is 0 Å². The van der Waals surface area contributed by atoms with Crippen molar-refractivity contribution in [3.63, 3.8) is 0 Å². The van der Waals surface area contributed by atoms with Crippen LogP contribution in [0.1, 0.15) is 40.5 Å². The van der Waals surface area contributed by atoms with Crippen molar-refractivity contribution in [2.75, 3.05) is 13.7 Å². The topological polar surface area (TPSA) is 29.5 Å². The van der Waals surface area contributed by atoms with Gasteiger partial charge < -0.3 is 9.64 Å². The van der Waals surface area contributed by atoms with Gasteiger partial charge in [-0.25, -0.2) is 0 Å². The number of ether oxygens (including phenoxy) is 1. The largest absolute Gasteiger partial charge is 0.368 e. The van der Waals surface area contributed by atoms with Gasteiger partial charge in [-0.3, -0.25) is 4.79 Å². The molecule has 3 nitrogen and oxygen atoms in total. The third-order valence-electron chi connectivity index (χ3n) is 3.29. The molecule has 1 amide bonds. The number of likely N-dealkylation sites (N-methyl/N-ethyl adjacent to an activating group) is 1. The number of carbonyl (C=O) groups is 1. The molecule has 94 valence electrons. The van der Waals surface area contributed by atoms with E-state index in [-0.39, 0.29) is 12.0 Å². The van der Waals surface area contributed by atoms with Crippen LogP contribution in [-0.4, -0.2) is 36.6 Å². The summed E-state index contributed by atoms with van der Waals surface area (Å²) in [5, 5.41) is 0. The van der Waals surface area contributed by atoms with E-state index in [0.29, 0.717) is 24.5 Å². The first-order valence-electron chi connectivity index (χ1n) is 6.31. The fourth-order valence-corrected chi connectivity index (χ4v) is 1.79. The molecule has 0 heterocycles. The Morgan fingerprint density at radius 2 is 1.88 bits per heavy atom. The Kier molecular flexibility index (Phi) is 4.78. The molecule has 1 rings (SSSR count). The second-order valence-electron chi connectivity index (χ2n) is 5.40. The summed E-state index contributed by atoms with van der Waals surface area (Å²) in [5.74, 6) is 1.30. The van der Waals surface area contributed by atoms with E-state index in [1.54, 1.807) is 0 Å². The number of nitrogens with zero attached hydrogens (tertiary/aromatic N) is 1. The first-order chi connectivity index (χ1) is 7.43. The van der Waals surface area contributed by atoms with Crippen LogP contribution in [0.3, 0.4) is 0 Å². The lowest BCUT2D eigenvalue weighted by atomic mass is 10.2. The lowest BCUT2D eigenvalue weighted by Gasteiger charge is -2.28. The molecule has 0 aliphatic heterocycles. The maximum Gasteiger partial charge on any atom is 0.251 e. The van der Waals surface area contributed by atoms with E-state index in [0.717, 1.165) is 0 Å². The van der Waals surface area contributed by atoms with Crippen LogP contribution in [0.15, 0.2) is 0 Å². The summed E-state index contributed by atoms with van der Waals surface area (Å²) in [6.07, 6.45) is 2.22. The molecule has 1 fully saturated rings. The Bertz CT molecular complexity index is 236. The van der Waals surface area contributed by atoms with Gasteiger partial charge in [0.2, 0.25) is 0 Å². The highest BCUT2D eigenvalue weighted by Crippen LogP contribution is 2.34. The predicted octanol–water partition coefficient (Wildman–Crippen LogP) is 2.30. The van der Waals surface area contributed by atoms with Gasteiger partial charge in [-0.2, -0.15) is 0 Å². The minimum Gasteiger partial charge on any atom is -0.368 e. The fraction of sp³-hybridized carbons (Fsp3) is 0.923. The molecule has 0 aromatic rings. The first kappa shape index (κ1) is 13.5. The lowest BCUT2D eigenvalue weighted by Crippen LogP contribution is -2.42. The molecule has 0 radical (unpaired) electrons. The molecular formula is C13H25NO2. The zero-order valence-electron chi connectivity index (χ0n) is 11.2. The number of hydrogen-bond donors (Lipinski definition) is 0. The normalized spacial score (nSPS) is 19.6. The van der Waals surface area contributed by atoms with Crippen molar-refractivity contribution in [2.24, 2.45) is 11.8 Å². The van der Waals surface area contributed by atoms with Crippen LogP contribution in [0, 0.1) is 11.8 Å². The molecule has 2 unspecified atom stereocenters. The van der Waals surface area contributed by atoms with Crippen LogP contribution in [0.5, 0.6) is 0 Å². The van der Waals surface area contributed by atoms with E-state index in [1.807, 2.05) is 18.9 Å². The molecule has 0 aromatic heterocycles. The van der Waals surface area contributed by atoms with Gasteiger partial charge in [0, 0.05) is 19.7 Å². The smallest absolute Gasteiger partial charge is 0.251 e. The lowest BCUT2D eigenvalue weighted by molar-refractivity contribution is -0.144. The number of rotatable bonds is 6. The van der Waals surface area contributed by atoms with Crippen LogP contribution in [0.2, 0.25) is 0 Å². The standard InChI is InChI=1S/C13H25NO2/c1-9(2)8-16-11(4)13(15)14(5)10(3)12-6-7-12/h9-12H,6-8H2,1-5H3. The van der Waals surface area contributed by atoms with Crippen LogP contribution < -0.4 is 0 Å².